The van der Waals surface area contributed by atoms with Crippen LogP contribution in [0.5, 0.6) is 0 Å². The van der Waals surface area contributed by atoms with Crippen molar-refractivity contribution in [2.24, 2.45) is 0 Å². The monoisotopic (exact) mass is 275 g/mol. The summed E-state index contributed by atoms with van der Waals surface area (Å²) in [6.07, 6.45) is 0. The standard InChI is InChI=1S/C15H21N3O2/c1-12(19)18-9-8-17(11-14(18)15(20)16-2)10-13-6-4-3-5-7-13/h3-7,14H,8-11H2,1-2H3,(H,16,20)/t14-/m0/s1. The predicted molar refractivity (Wildman–Crippen MR) is 77.0 cm³/mol. The minimum absolute atomic E-state index is 0.0436. The fourth-order valence-electron chi connectivity index (χ4n) is 2.59. The average Bonchev–Trinajstić information content (AvgIpc) is 2.47. The number of benzene rings is 1. The quantitative estimate of drug-likeness (QED) is 0.872. The fourth-order valence-corrected chi connectivity index (χ4v) is 2.59. The summed E-state index contributed by atoms with van der Waals surface area (Å²) in [5.41, 5.74) is 1.22. The minimum atomic E-state index is -0.394. The Bertz CT molecular complexity index is 475. The highest BCUT2D eigenvalue weighted by Crippen LogP contribution is 2.13. The second-order valence-corrected chi connectivity index (χ2v) is 5.06. The van der Waals surface area contributed by atoms with Gasteiger partial charge < -0.3 is 10.2 Å². The lowest BCUT2D eigenvalue weighted by molar-refractivity contribution is -0.142. The number of nitrogens with one attached hydrogen (secondary N) is 1. The van der Waals surface area contributed by atoms with Crippen LogP contribution in [0.15, 0.2) is 30.3 Å². The largest absolute Gasteiger partial charge is 0.357 e. The Morgan fingerprint density at radius 3 is 2.55 bits per heavy atom. The maximum Gasteiger partial charge on any atom is 0.243 e. The molecule has 2 rings (SSSR count). The number of hydrogen-bond donors (Lipinski definition) is 1. The van der Waals surface area contributed by atoms with Crippen molar-refractivity contribution < 1.29 is 9.59 Å². The van der Waals surface area contributed by atoms with Crippen molar-refractivity contribution in [3.05, 3.63) is 35.9 Å². The maximum absolute atomic E-state index is 11.9. The normalized spacial score (nSPS) is 19.7. The molecule has 5 nitrogen and oxygen atoms in total. The van der Waals surface area contributed by atoms with E-state index in [2.05, 4.69) is 22.3 Å². The molecule has 0 aromatic heterocycles. The van der Waals surface area contributed by atoms with E-state index in [-0.39, 0.29) is 11.8 Å². The van der Waals surface area contributed by atoms with Crippen LogP contribution in [0.3, 0.4) is 0 Å². The zero-order chi connectivity index (χ0) is 14.5. The van der Waals surface area contributed by atoms with Crippen molar-refractivity contribution in [3.63, 3.8) is 0 Å². The topological polar surface area (TPSA) is 52.7 Å². The second-order valence-electron chi connectivity index (χ2n) is 5.06. The van der Waals surface area contributed by atoms with Crippen LogP contribution in [-0.2, 0) is 16.1 Å². The van der Waals surface area contributed by atoms with E-state index in [0.717, 1.165) is 13.1 Å². The molecule has 1 aromatic carbocycles. The number of carbonyl (C=O) groups is 2. The first-order valence-electron chi connectivity index (χ1n) is 6.87. The Labute approximate surface area is 119 Å². The molecular formula is C15H21N3O2. The number of likely N-dealkylation sites (N-methyl/N-ethyl adjacent to an activating group) is 1. The van der Waals surface area contributed by atoms with Gasteiger partial charge >= 0.3 is 0 Å². The summed E-state index contributed by atoms with van der Waals surface area (Å²) in [5, 5.41) is 2.64. The SMILES string of the molecule is CNC(=O)[C@@H]1CN(Cc2ccccc2)CCN1C(C)=O. The van der Waals surface area contributed by atoms with Crippen molar-refractivity contribution >= 4 is 11.8 Å². The summed E-state index contributed by atoms with van der Waals surface area (Å²) < 4.78 is 0. The van der Waals surface area contributed by atoms with Crippen LogP contribution >= 0.6 is 0 Å². The van der Waals surface area contributed by atoms with Crippen LogP contribution < -0.4 is 5.32 Å². The van der Waals surface area contributed by atoms with Crippen LogP contribution in [0.25, 0.3) is 0 Å². The van der Waals surface area contributed by atoms with Gasteiger partial charge in [-0.1, -0.05) is 30.3 Å². The molecule has 108 valence electrons. The molecule has 1 aliphatic rings. The zero-order valence-electron chi connectivity index (χ0n) is 12.0. The van der Waals surface area contributed by atoms with Gasteiger partial charge in [-0.05, 0) is 5.56 Å². The molecular weight excluding hydrogens is 254 g/mol. The number of piperazine rings is 1. The highest BCUT2D eigenvalue weighted by molar-refractivity contribution is 5.87. The number of carbonyl (C=O) groups excluding carboxylic acids is 2. The first-order chi connectivity index (χ1) is 9.61. The summed E-state index contributed by atoms with van der Waals surface area (Å²) in [7, 11) is 1.61. The summed E-state index contributed by atoms with van der Waals surface area (Å²) in [6, 6.07) is 9.77. The van der Waals surface area contributed by atoms with Gasteiger partial charge in [-0.15, -0.1) is 0 Å². The molecule has 1 aliphatic heterocycles. The van der Waals surface area contributed by atoms with Crippen molar-refractivity contribution in [3.8, 4) is 0 Å². The van der Waals surface area contributed by atoms with E-state index in [1.807, 2.05) is 18.2 Å². The molecule has 0 bridgehead atoms. The van der Waals surface area contributed by atoms with Crippen LogP contribution in [0.1, 0.15) is 12.5 Å². The van der Waals surface area contributed by atoms with E-state index < -0.39 is 6.04 Å². The van der Waals surface area contributed by atoms with Gasteiger partial charge in [0.2, 0.25) is 11.8 Å². The Morgan fingerprint density at radius 2 is 1.95 bits per heavy atom. The molecule has 0 saturated carbocycles. The van der Waals surface area contributed by atoms with E-state index in [1.165, 1.54) is 12.5 Å². The lowest BCUT2D eigenvalue weighted by atomic mass is 10.1. The van der Waals surface area contributed by atoms with Gasteiger partial charge in [-0.3, -0.25) is 14.5 Å². The molecule has 0 radical (unpaired) electrons. The van der Waals surface area contributed by atoms with Gasteiger partial charge in [0.05, 0.1) is 0 Å². The zero-order valence-corrected chi connectivity index (χ0v) is 12.0. The van der Waals surface area contributed by atoms with Gasteiger partial charge in [0, 0.05) is 40.2 Å². The van der Waals surface area contributed by atoms with Crippen molar-refractivity contribution in [2.75, 3.05) is 26.7 Å². The highest BCUT2D eigenvalue weighted by Gasteiger charge is 2.33. The van der Waals surface area contributed by atoms with Gasteiger partial charge in [0.1, 0.15) is 6.04 Å². The van der Waals surface area contributed by atoms with E-state index in [0.29, 0.717) is 13.1 Å². The smallest absolute Gasteiger partial charge is 0.243 e. The van der Waals surface area contributed by atoms with Crippen molar-refractivity contribution in [2.45, 2.75) is 19.5 Å². The Kier molecular flexibility index (Phi) is 4.74. The Balaban J connectivity index is 2.05. The van der Waals surface area contributed by atoms with Gasteiger partial charge in [-0.2, -0.15) is 0 Å². The van der Waals surface area contributed by atoms with Crippen LogP contribution in [0.4, 0.5) is 0 Å². The number of amides is 2. The first-order valence-corrected chi connectivity index (χ1v) is 6.87. The molecule has 0 spiro atoms. The van der Waals surface area contributed by atoms with E-state index in [4.69, 9.17) is 0 Å². The maximum atomic E-state index is 11.9. The molecule has 0 aliphatic carbocycles. The molecule has 1 aromatic rings. The molecule has 1 N–H and O–H groups in total. The molecule has 2 amide bonds. The third-order valence-electron chi connectivity index (χ3n) is 3.67. The third-order valence-corrected chi connectivity index (χ3v) is 3.67. The first kappa shape index (κ1) is 14.5. The van der Waals surface area contributed by atoms with Gasteiger partial charge in [-0.25, -0.2) is 0 Å². The fraction of sp³-hybridized carbons (Fsp3) is 0.467. The molecule has 1 fully saturated rings. The third kappa shape index (κ3) is 3.36. The van der Waals surface area contributed by atoms with E-state index >= 15 is 0 Å². The Hall–Kier alpha value is -1.88. The van der Waals surface area contributed by atoms with Crippen molar-refractivity contribution in [1.29, 1.82) is 0 Å². The van der Waals surface area contributed by atoms with E-state index in [9.17, 15) is 9.59 Å². The second kappa shape index (κ2) is 6.52. The average molecular weight is 275 g/mol. The number of rotatable bonds is 3. The van der Waals surface area contributed by atoms with Gasteiger partial charge in [0.25, 0.3) is 0 Å². The lowest BCUT2D eigenvalue weighted by Gasteiger charge is -2.40. The number of nitrogens with zero attached hydrogens (tertiary/aromatic N) is 2. The summed E-state index contributed by atoms with van der Waals surface area (Å²) >= 11 is 0. The van der Waals surface area contributed by atoms with Crippen LogP contribution in [0, 0.1) is 0 Å². The van der Waals surface area contributed by atoms with Crippen LogP contribution in [-0.4, -0.2) is 54.3 Å². The molecule has 5 heteroatoms. The molecule has 20 heavy (non-hydrogen) atoms. The van der Waals surface area contributed by atoms with Gasteiger partial charge in [0.15, 0.2) is 0 Å². The summed E-state index contributed by atoms with van der Waals surface area (Å²) in [6.45, 7) is 4.29. The number of hydrogen-bond acceptors (Lipinski definition) is 3. The molecule has 0 unspecified atom stereocenters. The molecule has 1 heterocycles. The molecule has 1 atom stereocenters. The minimum Gasteiger partial charge on any atom is -0.357 e. The van der Waals surface area contributed by atoms with Crippen LogP contribution in [0.2, 0.25) is 0 Å². The summed E-state index contributed by atoms with van der Waals surface area (Å²) in [4.78, 5) is 27.4. The molecule has 1 saturated heterocycles. The lowest BCUT2D eigenvalue weighted by Crippen LogP contribution is -2.59. The highest BCUT2D eigenvalue weighted by atomic mass is 16.2. The van der Waals surface area contributed by atoms with Crippen molar-refractivity contribution in [1.82, 2.24) is 15.1 Å². The Morgan fingerprint density at radius 1 is 1.25 bits per heavy atom. The van der Waals surface area contributed by atoms with E-state index in [1.54, 1.807) is 11.9 Å². The predicted octanol–water partition coefficient (Wildman–Crippen LogP) is 0.465. The summed E-state index contributed by atoms with van der Waals surface area (Å²) in [5.74, 6) is -0.143.